The Balaban J connectivity index is 1.82. The molecule has 3 rings (SSSR count). The molecule has 0 saturated carbocycles. The van der Waals surface area contributed by atoms with E-state index in [4.69, 9.17) is 11.6 Å². The third kappa shape index (κ3) is 3.80. The Kier molecular flexibility index (Phi) is 5.23. The number of anilines is 1. The van der Waals surface area contributed by atoms with Crippen molar-refractivity contribution in [1.82, 2.24) is 9.78 Å². The van der Waals surface area contributed by atoms with Crippen LogP contribution in [0.3, 0.4) is 0 Å². The Morgan fingerprint density at radius 1 is 1.17 bits per heavy atom. The summed E-state index contributed by atoms with van der Waals surface area (Å²) in [7, 11) is 0. The minimum atomic E-state index is -0.312. The van der Waals surface area contributed by atoms with E-state index in [1.54, 1.807) is 22.6 Å². The number of benzene rings is 2. The maximum absolute atomic E-state index is 12.5. The van der Waals surface area contributed by atoms with Gasteiger partial charge in [-0.1, -0.05) is 53.7 Å². The van der Waals surface area contributed by atoms with E-state index in [0.29, 0.717) is 11.6 Å². The number of carbonyl (C=O) groups is 1. The smallest absolute Gasteiger partial charge is 0.277 e. The van der Waals surface area contributed by atoms with Gasteiger partial charge in [-0.05, 0) is 31.2 Å². The van der Waals surface area contributed by atoms with Gasteiger partial charge in [-0.2, -0.15) is 5.10 Å². The third-order valence-electron chi connectivity index (χ3n) is 3.36. The van der Waals surface area contributed by atoms with Gasteiger partial charge in [-0.15, -0.1) is 0 Å². The van der Waals surface area contributed by atoms with Gasteiger partial charge in [0.25, 0.3) is 5.91 Å². The van der Waals surface area contributed by atoms with Crippen molar-refractivity contribution in [3.05, 3.63) is 71.5 Å². The van der Waals surface area contributed by atoms with Crippen LogP contribution in [0, 0.1) is 0 Å². The largest absolute Gasteiger partial charge is 0.319 e. The van der Waals surface area contributed by atoms with Crippen LogP contribution in [0.1, 0.15) is 17.4 Å². The Bertz CT molecular complexity index is 848. The molecule has 24 heavy (non-hydrogen) atoms. The molecular weight excluding hydrogens is 342 g/mol. The van der Waals surface area contributed by atoms with Gasteiger partial charge in [0, 0.05) is 22.5 Å². The summed E-state index contributed by atoms with van der Waals surface area (Å²) >= 11 is 7.70. The molecule has 4 nitrogen and oxygen atoms in total. The fourth-order valence-electron chi connectivity index (χ4n) is 2.17. The fourth-order valence-corrected chi connectivity index (χ4v) is 3.33. The molecule has 0 aliphatic heterocycles. The Hall–Kier alpha value is -2.24. The van der Waals surface area contributed by atoms with Gasteiger partial charge in [0.15, 0.2) is 5.69 Å². The van der Waals surface area contributed by atoms with Gasteiger partial charge >= 0.3 is 0 Å². The molecular formula is C18H16ClN3OS. The van der Waals surface area contributed by atoms with E-state index >= 15 is 0 Å². The lowest BCUT2D eigenvalue weighted by Crippen LogP contribution is -2.14. The minimum Gasteiger partial charge on any atom is -0.319 e. The highest BCUT2D eigenvalue weighted by Crippen LogP contribution is 2.33. The number of rotatable bonds is 5. The minimum absolute atomic E-state index is 0.234. The van der Waals surface area contributed by atoms with Crippen molar-refractivity contribution >= 4 is 35.0 Å². The molecule has 0 saturated heterocycles. The van der Waals surface area contributed by atoms with E-state index < -0.39 is 0 Å². The van der Waals surface area contributed by atoms with Crippen LogP contribution in [0.4, 0.5) is 5.69 Å². The monoisotopic (exact) mass is 357 g/mol. The normalized spacial score (nSPS) is 10.6. The summed E-state index contributed by atoms with van der Waals surface area (Å²) in [5.41, 5.74) is 0.969. The average molecular weight is 358 g/mol. The summed E-state index contributed by atoms with van der Waals surface area (Å²) in [6.07, 6.45) is 1.65. The zero-order chi connectivity index (χ0) is 16.9. The van der Waals surface area contributed by atoms with Crippen molar-refractivity contribution in [2.75, 3.05) is 5.32 Å². The molecule has 2 aromatic carbocycles. The molecule has 6 heteroatoms. The van der Waals surface area contributed by atoms with Crippen LogP contribution in [0.25, 0.3) is 0 Å². The molecule has 3 aromatic rings. The van der Waals surface area contributed by atoms with E-state index in [2.05, 4.69) is 10.4 Å². The first-order valence-electron chi connectivity index (χ1n) is 7.53. The summed E-state index contributed by atoms with van der Waals surface area (Å²) in [6, 6.07) is 17.7. The van der Waals surface area contributed by atoms with Gasteiger partial charge < -0.3 is 5.32 Å². The van der Waals surface area contributed by atoms with Crippen LogP contribution in [0.5, 0.6) is 0 Å². The van der Waals surface area contributed by atoms with Crippen LogP contribution in [0.15, 0.2) is 70.6 Å². The van der Waals surface area contributed by atoms with E-state index in [1.165, 1.54) is 0 Å². The molecule has 0 spiro atoms. The molecule has 0 atom stereocenters. The lowest BCUT2D eigenvalue weighted by Gasteiger charge is -2.10. The van der Waals surface area contributed by atoms with Gasteiger partial charge in [-0.25, -0.2) is 0 Å². The number of aromatic nitrogens is 2. The van der Waals surface area contributed by atoms with Crippen LogP contribution in [0.2, 0.25) is 5.02 Å². The van der Waals surface area contributed by atoms with Crippen molar-refractivity contribution in [3.8, 4) is 0 Å². The van der Waals surface area contributed by atoms with Crippen molar-refractivity contribution in [2.24, 2.45) is 0 Å². The van der Waals surface area contributed by atoms with Crippen LogP contribution < -0.4 is 5.32 Å². The molecule has 0 bridgehead atoms. The van der Waals surface area contributed by atoms with E-state index in [-0.39, 0.29) is 11.6 Å². The summed E-state index contributed by atoms with van der Waals surface area (Å²) < 4.78 is 1.64. The summed E-state index contributed by atoms with van der Waals surface area (Å²) in [5.74, 6) is -0.312. The topological polar surface area (TPSA) is 46.9 Å². The Morgan fingerprint density at radius 2 is 1.88 bits per heavy atom. The first-order valence-corrected chi connectivity index (χ1v) is 8.73. The quantitative estimate of drug-likeness (QED) is 0.702. The molecule has 0 aliphatic carbocycles. The number of para-hydroxylation sites is 1. The average Bonchev–Trinajstić information content (AvgIpc) is 2.99. The highest BCUT2D eigenvalue weighted by atomic mass is 35.5. The number of halogens is 1. The van der Waals surface area contributed by atoms with Crippen LogP contribution in [-0.2, 0) is 6.54 Å². The number of aryl methyl sites for hydroxylation is 1. The first kappa shape index (κ1) is 16.6. The number of amides is 1. The standard InChI is InChI=1S/C18H16ClN3OS/c1-2-22-12-14(19)17(21-22)18(23)20-15-10-6-7-11-16(15)24-13-8-4-3-5-9-13/h3-12H,2H2,1H3,(H,20,23). The van der Waals surface area contributed by atoms with Gasteiger partial charge in [0.05, 0.1) is 10.7 Å². The number of hydrogen-bond donors (Lipinski definition) is 1. The predicted octanol–water partition coefficient (Wildman–Crippen LogP) is 4.96. The van der Waals surface area contributed by atoms with Crippen molar-refractivity contribution in [1.29, 1.82) is 0 Å². The Labute approximate surface area is 149 Å². The van der Waals surface area contributed by atoms with E-state index in [1.807, 2.05) is 61.5 Å². The van der Waals surface area contributed by atoms with Crippen molar-refractivity contribution < 1.29 is 4.79 Å². The van der Waals surface area contributed by atoms with Crippen molar-refractivity contribution in [3.63, 3.8) is 0 Å². The molecule has 1 heterocycles. The molecule has 1 amide bonds. The van der Waals surface area contributed by atoms with Crippen molar-refractivity contribution in [2.45, 2.75) is 23.3 Å². The van der Waals surface area contributed by atoms with E-state index in [0.717, 1.165) is 15.5 Å². The van der Waals surface area contributed by atoms with E-state index in [9.17, 15) is 4.79 Å². The first-order chi connectivity index (χ1) is 11.7. The summed E-state index contributed by atoms with van der Waals surface area (Å²) in [5, 5.41) is 7.46. The van der Waals surface area contributed by atoms with Gasteiger partial charge in [0.2, 0.25) is 0 Å². The molecule has 1 aromatic heterocycles. The lowest BCUT2D eigenvalue weighted by atomic mass is 10.3. The fraction of sp³-hybridized carbons (Fsp3) is 0.111. The predicted molar refractivity (Wildman–Crippen MR) is 97.9 cm³/mol. The maximum atomic E-state index is 12.5. The van der Waals surface area contributed by atoms with Gasteiger partial charge in [-0.3, -0.25) is 9.48 Å². The number of nitrogens with zero attached hydrogens (tertiary/aromatic N) is 2. The summed E-state index contributed by atoms with van der Waals surface area (Å²) in [6.45, 7) is 2.60. The maximum Gasteiger partial charge on any atom is 0.277 e. The number of nitrogens with one attached hydrogen (secondary N) is 1. The zero-order valence-electron chi connectivity index (χ0n) is 13.1. The second kappa shape index (κ2) is 7.55. The third-order valence-corrected chi connectivity index (χ3v) is 4.72. The Morgan fingerprint density at radius 3 is 2.58 bits per heavy atom. The highest BCUT2D eigenvalue weighted by Gasteiger charge is 2.16. The molecule has 0 unspecified atom stereocenters. The van der Waals surface area contributed by atoms with Crippen LogP contribution >= 0.6 is 23.4 Å². The zero-order valence-corrected chi connectivity index (χ0v) is 14.6. The van der Waals surface area contributed by atoms with Crippen LogP contribution in [-0.4, -0.2) is 15.7 Å². The number of carbonyl (C=O) groups excluding carboxylic acids is 1. The lowest BCUT2D eigenvalue weighted by molar-refractivity contribution is 0.102. The molecule has 0 fully saturated rings. The summed E-state index contributed by atoms with van der Waals surface area (Å²) in [4.78, 5) is 14.6. The molecule has 0 radical (unpaired) electrons. The SMILES string of the molecule is CCn1cc(Cl)c(C(=O)Nc2ccccc2Sc2ccccc2)n1. The number of hydrogen-bond acceptors (Lipinski definition) is 3. The second-order valence-corrected chi connectivity index (χ2v) is 6.57. The highest BCUT2D eigenvalue weighted by molar-refractivity contribution is 7.99. The second-order valence-electron chi connectivity index (χ2n) is 5.05. The molecule has 0 aliphatic rings. The van der Waals surface area contributed by atoms with Gasteiger partial charge in [0.1, 0.15) is 0 Å². The molecule has 122 valence electrons. The molecule has 1 N–H and O–H groups in total.